The van der Waals surface area contributed by atoms with E-state index in [1.165, 1.54) is 4.90 Å². The zero-order valence-corrected chi connectivity index (χ0v) is 14.8. The number of carboxylic acids is 1. The van der Waals surface area contributed by atoms with Crippen LogP contribution < -0.4 is 0 Å². The third kappa shape index (κ3) is 3.24. The van der Waals surface area contributed by atoms with Crippen LogP contribution in [0, 0.1) is 0 Å². The molecular weight excluding hydrogens is 344 g/mol. The number of carbonyl (C=O) groups excluding carboxylic acids is 1. The highest BCUT2D eigenvalue weighted by atomic mass is 35.5. The number of carboxylic acid groups (broad SMARTS) is 1. The standard InChI is InChI=1S/C17H19ClN4O3/c1-10(2)15-19-14(16(23)21-9-5-8-13(21)17(24)25)20-22(15)12-7-4-3-6-11(12)18/h3-4,6-7,10,13H,5,8-9H2,1-2H3,(H,24,25)/t13-/m1/s1. The molecule has 0 saturated carbocycles. The van der Waals surface area contributed by atoms with E-state index in [2.05, 4.69) is 10.1 Å². The zero-order chi connectivity index (χ0) is 18.1. The summed E-state index contributed by atoms with van der Waals surface area (Å²) in [6.07, 6.45) is 1.11. The summed E-state index contributed by atoms with van der Waals surface area (Å²) in [4.78, 5) is 29.8. The summed E-state index contributed by atoms with van der Waals surface area (Å²) in [5.74, 6) is -0.850. The van der Waals surface area contributed by atoms with Crippen molar-refractivity contribution >= 4 is 23.5 Å². The third-order valence-corrected chi connectivity index (χ3v) is 4.54. The van der Waals surface area contributed by atoms with Crippen LogP contribution in [0.3, 0.4) is 0 Å². The van der Waals surface area contributed by atoms with Crippen molar-refractivity contribution in [1.82, 2.24) is 19.7 Å². The van der Waals surface area contributed by atoms with Gasteiger partial charge in [-0.05, 0) is 25.0 Å². The maximum atomic E-state index is 12.8. The number of rotatable bonds is 4. The second-order valence-corrected chi connectivity index (χ2v) is 6.71. The first-order valence-electron chi connectivity index (χ1n) is 8.15. The van der Waals surface area contributed by atoms with Gasteiger partial charge < -0.3 is 10.0 Å². The van der Waals surface area contributed by atoms with E-state index < -0.39 is 17.9 Å². The van der Waals surface area contributed by atoms with Gasteiger partial charge in [-0.1, -0.05) is 37.6 Å². The van der Waals surface area contributed by atoms with E-state index in [9.17, 15) is 14.7 Å². The van der Waals surface area contributed by atoms with E-state index in [0.717, 1.165) is 0 Å². The molecule has 1 amide bonds. The quantitative estimate of drug-likeness (QED) is 0.903. The van der Waals surface area contributed by atoms with Crippen LogP contribution in [0.1, 0.15) is 49.1 Å². The summed E-state index contributed by atoms with van der Waals surface area (Å²) in [6.45, 7) is 4.29. The normalized spacial score (nSPS) is 17.3. The van der Waals surface area contributed by atoms with E-state index in [-0.39, 0.29) is 11.7 Å². The minimum absolute atomic E-state index is 0.00299. The first-order chi connectivity index (χ1) is 11.9. The summed E-state index contributed by atoms with van der Waals surface area (Å²) >= 11 is 6.25. The Morgan fingerprint density at radius 3 is 2.68 bits per heavy atom. The number of carbonyl (C=O) groups is 2. The van der Waals surface area contributed by atoms with Gasteiger partial charge in [0.2, 0.25) is 5.82 Å². The first-order valence-corrected chi connectivity index (χ1v) is 8.53. The van der Waals surface area contributed by atoms with E-state index in [1.807, 2.05) is 26.0 Å². The molecule has 1 saturated heterocycles. The largest absolute Gasteiger partial charge is 0.480 e. The molecule has 7 nitrogen and oxygen atoms in total. The minimum atomic E-state index is -1.000. The Bertz CT molecular complexity index is 818. The van der Waals surface area contributed by atoms with Crippen molar-refractivity contribution < 1.29 is 14.7 Å². The number of benzene rings is 1. The van der Waals surface area contributed by atoms with Crippen molar-refractivity contribution in [3.8, 4) is 5.69 Å². The molecule has 25 heavy (non-hydrogen) atoms. The molecular formula is C17H19ClN4O3. The molecule has 1 aliphatic rings. The molecule has 2 heterocycles. The van der Waals surface area contributed by atoms with Gasteiger partial charge in [-0.2, -0.15) is 0 Å². The number of likely N-dealkylation sites (tertiary alicyclic amines) is 1. The van der Waals surface area contributed by atoms with Crippen molar-refractivity contribution in [3.05, 3.63) is 40.9 Å². The van der Waals surface area contributed by atoms with Crippen LogP contribution in [0.5, 0.6) is 0 Å². The fraction of sp³-hybridized carbons (Fsp3) is 0.412. The molecule has 0 spiro atoms. The summed E-state index contributed by atoms with van der Waals surface area (Å²) in [5, 5.41) is 14.1. The summed E-state index contributed by atoms with van der Waals surface area (Å²) in [7, 11) is 0. The van der Waals surface area contributed by atoms with Gasteiger partial charge in [-0.3, -0.25) is 4.79 Å². The molecule has 0 unspecified atom stereocenters. The monoisotopic (exact) mass is 362 g/mol. The predicted molar refractivity (Wildman–Crippen MR) is 92.2 cm³/mol. The Balaban J connectivity index is 2.01. The van der Waals surface area contributed by atoms with E-state index >= 15 is 0 Å². The smallest absolute Gasteiger partial charge is 0.326 e. The highest BCUT2D eigenvalue weighted by molar-refractivity contribution is 6.32. The highest BCUT2D eigenvalue weighted by Gasteiger charge is 2.36. The lowest BCUT2D eigenvalue weighted by atomic mass is 10.2. The Kier molecular flexibility index (Phi) is 4.76. The molecule has 1 N–H and O–H groups in total. The van der Waals surface area contributed by atoms with Gasteiger partial charge in [0.1, 0.15) is 11.9 Å². The highest BCUT2D eigenvalue weighted by Crippen LogP contribution is 2.25. The minimum Gasteiger partial charge on any atom is -0.480 e. The maximum Gasteiger partial charge on any atom is 0.326 e. The van der Waals surface area contributed by atoms with Crippen LogP contribution in [0.4, 0.5) is 0 Å². The Hall–Kier alpha value is -2.41. The average molecular weight is 363 g/mol. The Morgan fingerprint density at radius 2 is 2.04 bits per heavy atom. The summed E-state index contributed by atoms with van der Waals surface area (Å²) < 4.78 is 1.56. The predicted octanol–water partition coefficient (Wildman–Crippen LogP) is 2.73. The fourth-order valence-electron chi connectivity index (χ4n) is 2.98. The van der Waals surface area contributed by atoms with Crippen molar-refractivity contribution in [2.45, 2.75) is 38.6 Å². The molecule has 8 heteroatoms. The summed E-state index contributed by atoms with van der Waals surface area (Å²) in [5.41, 5.74) is 0.635. The van der Waals surface area contributed by atoms with Crippen LogP contribution in [0.2, 0.25) is 5.02 Å². The van der Waals surface area contributed by atoms with Crippen LogP contribution >= 0.6 is 11.6 Å². The molecule has 1 aromatic carbocycles. The second-order valence-electron chi connectivity index (χ2n) is 6.31. The Morgan fingerprint density at radius 1 is 1.32 bits per heavy atom. The van der Waals surface area contributed by atoms with Crippen molar-refractivity contribution in [2.24, 2.45) is 0 Å². The van der Waals surface area contributed by atoms with Crippen LogP contribution in [0.15, 0.2) is 24.3 Å². The van der Waals surface area contributed by atoms with Gasteiger partial charge in [0.25, 0.3) is 5.91 Å². The van der Waals surface area contributed by atoms with E-state index in [4.69, 9.17) is 11.6 Å². The second kappa shape index (κ2) is 6.84. The molecule has 132 valence electrons. The van der Waals surface area contributed by atoms with Crippen molar-refractivity contribution in [1.29, 1.82) is 0 Å². The molecule has 1 fully saturated rings. The van der Waals surface area contributed by atoms with Crippen LogP contribution in [0.25, 0.3) is 5.69 Å². The number of amides is 1. The van der Waals surface area contributed by atoms with Crippen molar-refractivity contribution in [3.63, 3.8) is 0 Å². The molecule has 3 rings (SSSR count). The SMILES string of the molecule is CC(C)c1nc(C(=O)N2CCC[C@@H]2C(=O)O)nn1-c1ccccc1Cl. The number of nitrogens with zero attached hydrogens (tertiary/aromatic N) is 4. The number of aromatic nitrogens is 3. The van der Waals surface area contributed by atoms with Gasteiger partial charge in [0.05, 0.1) is 10.7 Å². The molecule has 1 aromatic heterocycles. The Labute approximate surface area is 150 Å². The van der Waals surface area contributed by atoms with E-state index in [0.29, 0.717) is 35.9 Å². The van der Waals surface area contributed by atoms with Gasteiger partial charge in [-0.15, -0.1) is 5.10 Å². The van der Waals surface area contributed by atoms with Gasteiger partial charge in [-0.25, -0.2) is 14.5 Å². The molecule has 2 aromatic rings. The zero-order valence-electron chi connectivity index (χ0n) is 14.0. The van der Waals surface area contributed by atoms with Gasteiger partial charge >= 0.3 is 5.97 Å². The molecule has 0 bridgehead atoms. The third-order valence-electron chi connectivity index (χ3n) is 4.22. The lowest BCUT2D eigenvalue weighted by Gasteiger charge is -2.19. The molecule has 0 radical (unpaired) electrons. The van der Waals surface area contributed by atoms with Crippen LogP contribution in [-0.4, -0.2) is 49.2 Å². The fourth-order valence-corrected chi connectivity index (χ4v) is 3.20. The van der Waals surface area contributed by atoms with E-state index in [1.54, 1.807) is 16.8 Å². The number of hydrogen-bond acceptors (Lipinski definition) is 4. The number of aliphatic carboxylic acids is 1. The first kappa shape index (κ1) is 17.4. The number of para-hydroxylation sites is 1. The maximum absolute atomic E-state index is 12.8. The lowest BCUT2D eigenvalue weighted by Crippen LogP contribution is -2.40. The van der Waals surface area contributed by atoms with Crippen molar-refractivity contribution in [2.75, 3.05) is 6.54 Å². The average Bonchev–Trinajstić information content (AvgIpc) is 3.22. The summed E-state index contributed by atoms with van der Waals surface area (Å²) in [6, 6.07) is 6.36. The molecule has 0 aliphatic carbocycles. The lowest BCUT2D eigenvalue weighted by molar-refractivity contribution is -0.141. The molecule has 1 atom stereocenters. The van der Waals surface area contributed by atoms with Crippen LogP contribution in [-0.2, 0) is 4.79 Å². The number of hydrogen-bond donors (Lipinski definition) is 1. The topological polar surface area (TPSA) is 88.3 Å². The van der Waals surface area contributed by atoms with Gasteiger partial charge in [0.15, 0.2) is 0 Å². The van der Waals surface area contributed by atoms with Gasteiger partial charge in [0, 0.05) is 12.5 Å². The molecule has 1 aliphatic heterocycles. The number of halogens is 1.